The number of hydrogen-bond acceptors (Lipinski definition) is 3. The lowest BCUT2D eigenvalue weighted by Crippen LogP contribution is -2.41. The molecule has 1 fully saturated rings. The van der Waals surface area contributed by atoms with Gasteiger partial charge >= 0.3 is 5.97 Å². The first kappa shape index (κ1) is 7.88. The summed E-state index contributed by atoms with van der Waals surface area (Å²) < 4.78 is 0. The van der Waals surface area contributed by atoms with Gasteiger partial charge in [-0.3, -0.25) is 4.79 Å². The Kier molecular flexibility index (Phi) is 2.56. The van der Waals surface area contributed by atoms with Crippen LogP contribution in [0.4, 0.5) is 0 Å². The van der Waals surface area contributed by atoms with Crippen LogP contribution >= 0.6 is 12.6 Å². The topological polar surface area (TPSA) is 49.3 Å². The van der Waals surface area contributed by atoms with Crippen LogP contribution in [0.1, 0.15) is 6.42 Å². The van der Waals surface area contributed by atoms with Gasteiger partial charge in [-0.2, -0.15) is 12.6 Å². The van der Waals surface area contributed by atoms with Crippen LogP contribution in [0.25, 0.3) is 0 Å². The molecule has 10 heavy (non-hydrogen) atoms. The molecule has 4 heteroatoms. The molecule has 0 bridgehead atoms. The van der Waals surface area contributed by atoms with Crippen LogP contribution in [-0.4, -0.2) is 29.4 Å². The van der Waals surface area contributed by atoms with Gasteiger partial charge in [0.05, 0.1) is 5.92 Å². The van der Waals surface area contributed by atoms with Crippen LogP contribution in [0.15, 0.2) is 0 Å². The summed E-state index contributed by atoms with van der Waals surface area (Å²) in [6, 6.07) is 0. The Morgan fingerprint density at radius 3 is 2.80 bits per heavy atom. The van der Waals surface area contributed by atoms with Crippen LogP contribution in [-0.2, 0) is 4.79 Å². The van der Waals surface area contributed by atoms with Gasteiger partial charge < -0.3 is 10.4 Å². The quantitative estimate of drug-likeness (QED) is 0.474. The Hall–Kier alpha value is -0.220. The molecule has 1 saturated heterocycles. The highest BCUT2D eigenvalue weighted by molar-refractivity contribution is 7.81. The van der Waals surface area contributed by atoms with Crippen molar-refractivity contribution >= 4 is 18.6 Å². The number of nitrogens with one attached hydrogen (secondary N) is 1. The molecular weight excluding hydrogens is 150 g/mol. The van der Waals surface area contributed by atoms with E-state index in [1.165, 1.54) is 0 Å². The normalized spacial score (nSPS) is 33.7. The van der Waals surface area contributed by atoms with Crippen LogP contribution in [0, 0.1) is 5.92 Å². The Balaban J connectivity index is 2.47. The zero-order valence-corrected chi connectivity index (χ0v) is 6.47. The minimum atomic E-state index is -0.721. The van der Waals surface area contributed by atoms with Gasteiger partial charge in [-0.15, -0.1) is 0 Å². The van der Waals surface area contributed by atoms with Gasteiger partial charge in [0.1, 0.15) is 0 Å². The molecule has 1 aliphatic rings. The van der Waals surface area contributed by atoms with E-state index in [4.69, 9.17) is 5.11 Å². The molecule has 1 heterocycles. The van der Waals surface area contributed by atoms with E-state index in [1.54, 1.807) is 0 Å². The Labute approximate surface area is 65.2 Å². The molecule has 2 N–H and O–H groups in total. The molecule has 0 amide bonds. The van der Waals surface area contributed by atoms with E-state index in [0.717, 1.165) is 6.54 Å². The minimum Gasteiger partial charge on any atom is -0.481 e. The van der Waals surface area contributed by atoms with Crippen molar-refractivity contribution in [1.29, 1.82) is 0 Å². The predicted molar refractivity (Wildman–Crippen MR) is 41.4 cm³/mol. The van der Waals surface area contributed by atoms with Gasteiger partial charge in [0.15, 0.2) is 0 Å². The number of carboxylic acids is 1. The van der Waals surface area contributed by atoms with Gasteiger partial charge in [0, 0.05) is 11.8 Å². The molecule has 0 aromatic heterocycles. The fourth-order valence-corrected chi connectivity index (χ4v) is 1.54. The summed E-state index contributed by atoms with van der Waals surface area (Å²) in [6.07, 6.45) is 0.698. The molecular formula is C6H11NO2S. The smallest absolute Gasteiger partial charge is 0.307 e. The van der Waals surface area contributed by atoms with E-state index in [2.05, 4.69) is 17.9 Å². The highest BCUT2D eigenvalue weighted by atomic mass is 32.1. The van der Waals surface area contributed by atoms with Gasteiger partial charge in [0.25, 0.3) is 0 Å². The second-order valence-corrected chi connectivity index (χ2v) is 3.17. The van der Waals surface area contributed by atoms with E-state index in [0.29, 0.717) is 13.0 Å². The summed E-state index contributed by atoms with van der Waals surface area (Å²) in [5.74, 6) is -0.980. The molecule has 1 rings (SSSR count). The summed E-state index contributed by atoms with van der Waals surface area (Å²) in [6.45, 7) is 1.51. The van der Waals surface area contributed by atoms with Crippen molar-refractivity contribution in [2.45, 2.75) is 11.7 Å². The molecule has 0 spiro atoms. The Morgan fingerprint density at radius 1 is 1.70 bits per heavy atom. The summed E-state index contributed by atoms with van der Waals surface area (Å²) in [4.78, 5) is 10.5. The zero-order chi connectivity index (χ0) is 7.56. The maximum atomic E-state index is 10.5. The number of aliphatic carboxylic acids is 1. The third-order valence-electron chi connectivity index (χ3n) is 1.77. The molecule has 2 atom stereocenters. The molecule has 0 saturated carbocycles. The van der Waals surface area contributed by atoms with Gasteiger partial charge in [0.2, 0.25) is 0 Å². The van der Waals surface area contributed by atoms with Crippen molar-refractivity contribution in [3.63, 3.8) is 0 Å². The first-order chi connectivity index (χ1) is 4.72. The van der Waals surface area contributed by atoms with Crippen molar-refractivity contribution in [3.05, 3.63) is 0 Å². The second kappa shape index (κ2) is 3.25. The molecule has 0 aromatic rings. The lowest BCUT2D eigenvalue weighted by Gasteiger charge is -2.24. The van der Waals surface area contributed by atoms with Gasteiger partial charge in [-0.25, -0.2) is 0 Å². The fourth-order valence-electron chi connectivity index (χ4n) is 1.13. The highest BCUT2D eigenvalue weighted by Crippen LogP contribution is 2.17. The number of carboxylic acid groups (broad SMARTS) is 1. The number of rotatable bonds is 1. The van der Waals surface area contributed by atoms with E-state index >= 15 is 0 Å². The van der Waals surface area contributed by atoms with Crippen LogP contribution in [0.2, 0.25) is 0 Å². The van der Waals surface area contributed by atoms with E-state index in [9.17, 15) is 4.79 Å². The van der Waals surface area contributed by atoms with Crippen LogP contribution in [0.5, 0.6) is 0 Å². The summed E-state index contributed by atoms with van der Waals surface area (Å²) >= 11 is 4.15. The van der Waals surface area contributed by atoms with Crippen molar-refractivity contribution in [2.24, 2.45) is 5.92 Å². The summed E-state index contributed by atoms with van der Waals surface area (Å²) in [7, 11) is 0. The molecule has 0 aliphatic carbocycles. The summed E-state index contributed by atoms with van der Waals surface area (Å²) in [5.41, 5.74) is 0. The van der Waals surface area contributed by atoms with Crippen molar-refractivity contribution in [1.82, 2.24) is 5.32 Å². The first-order valence-electron chi connectivity index (χ1n) is 3.33. The first-order valence-corrected chi connectivity index (χ1v) is 3.85. The number of carbonyl (C=O) groups is 1. The monoisotopic (exact) mass is 161 g/mol. The average Bonchev–Trinajstić information content (AvgIpc) is 1.88. The number of piperidine rings is 1. The van der Waals surface area contributed by atoms with Crippen LogP contribution < -0.4 is 5.32 Å². The lowest BCUT2D eigenvalue weighted by atomic mass is 9.98. The third-order valence-corrected chi connectivity index (χ3v) is 2.31. The van der Waals surface area contributed by atoms with Crippen molar-refractivity contribution in [2.75, 3.05) is 13.1 Å². The van der Waals surface area contributed by atoms with Gasteiger partial charge in [-0.05, 0) is 13.0 Å². The molecule has 0 aromatic carbocycles. The summed E-state index contributed by atoms with van der Waals surface area (Å²) in [5, 5.41) is 11.7. The molecule has 2 unspecified atom stereocenters. The average molecular weight is 161 g/mol. The van der Waals surface area contributed by atoms with Gasteiger partial charge in [-0.1, -0.05) is 0 Å². The van der Waals surface area contributed by atoms with E-state index < -0.39 is 5.97 Å². The van der Waals surface area contributed by atoms with Crippen molar-refractivity contribution in [3.8, 4) is 0 Å². The SMILES string of the molecule is O=C(O)C1CCNCC1S. The molecule has 0 radical (unpaired) electrons. The van der Waals surface area contributed by atoms with E-state index in [1.807, 2.05) is 0 Å². The largest absolute Gasteiger partial charge is 0.481 e. The van der Waals surface area contributed by atoms with E-state index in [-0.39, 0.29) is 11.2 Å². The number of thiol groups is 1. The fraction of sp³-hybridized carbons (Fsp3) is 0.833. The third kappa shape index (κ3) is 1.64. The molecule has 3 nitrogen and oxygen atoms in total. The predicted octanol–water partition coefficient (Wildman–Crippen LogP) is -0.0211. The Morgan fingerprint density at radius 2 is 2.40 bits per heavy atom. The molecule has 1 aliphatic heterocycles. The zero-order valence-electron chi connectivity index (χ0n) is 5.58. The highest BCUT2D eigenvalue weighted by Gasteiger charge is 2.27. The lowest BCUT2D eigenvalue weighted by molar-refractivity contribution is -0.142. The minimum absolute atomic E-state index is 0.0220. The molecule has 58 valence electrons. The maximum Gasteiger partial charge on any atom is 0.307 e. The second-order valence-electron chi connectivity index (χ2n) is 2.50. The number of hydrogen-bond donors (Lipinski definition) is 3. The van der Waals surface area contributed by atoms with Crippen LogP contribution in [0.3, 0.4) is 0 Å². The maximum absolute atomic E-state index is 10.5. The van der Waals surface area contributed by atoms with Crippen molar-refractivity contribution < 1.29 is 9.90 Å². The standard InChI is InChI=1S/C6H11NO2S/c8-6(9)4-1-2-7-3-5(4)10/h4-5,7,10H,1-3H2,(H,8,9). The Bertz CT molecular complexity index is 140.